The van der Waals surface area contributed by atoms with Crippen LogP contribution in [0, 0.1) is 6.92 Å². The van der Waals surface area contributed by atoms with Crippen molar-refractivity contribution >= 4 is 5.91 Å². The lowest BCUT2D eigenvalue weighted by atomic mass is 9.94. The average Bonchev–Trinajstić information content (AvgIpc) is 3.24. The Morgan fingerprint density at radius 3 is 2.64 bits per heavy atom. The number of nitrogens with zero attached hydrogens (tertiary/aromatic N) is 3. The molecule has 28 heavy (non-hydrogen) atoms. The summed E-state index contributed by atoms with van der Waals surface area (Å²) < 4.78 is 12.7. The van der Waals surface area contributed by atoms with Gasteiger partial charge in [0.2, 0.25) is 5.91 Å². The largest absolute Gasteiger partial charge is 0.497 e. The van der Waals surface area contributed by atoms with E-state index < -0.39 is 0 Å². The molecule has 1 aliphatic carbocycles. The van der Waals surface area contributed by atoms with Gasteiger partial charge in [-0.2, -0.15) is 0 Å². The van der Waals surface area contributed by atoms with Gasteiger partial charge in [0, 0.05) is 44.6 Å². The summed E-state index contributed by atoms with van der Waals surface area (Å²) in [5.41, 5.74) is 1.93. The molecular weight excluding hydrogens is 354 g/mol. The van der Waals surface area contributed by atoms with Crippen LogP contribution in [0.3, 0.4) is 0 Å². The lowest BCUT2D eigenvalue weighted by Crippen LogP contribution is -2.37. The Morgan fingerprint density at radius 2 is 2.00 bits per heavy atom. The molecule has 0 spiro atoms. The van der Waals surface area contributed by atoms with Gasteiger partial charge in [-0.05, 0) is 43.9 Å². The maximum atomic E-state index is 13.4. The van der Waals surface area contributed by atoms with Crippen molar-refractivity contribution in [3.63, 3.8) is 0 Å². The molecule has 2 aliphatic rings. The standard InChI is InChI=1S/C22H29N3O3/c1-16-14-23-20(25(16)12-13-27-2)17-8-11-24(15-17)21(26)22(9-10-22)18-4-6-19(28-3)7-5-18/h4-7,14,17H,8-13,15H2,1-3H3. The number of aryl methyl sites for hydroxylation is 1. The van der Waals surface area contributed by atoms with Crippen LogP contribution < -0.4 is 4.74 Å². The van der Waals surface area contributed by atoms with Crippen molar-refractivity contribution in [1.29, 1.82) is 0 Å². The van der Waals surface area contributed by atoms with Gasteiger partial charge in [0.1, 0.15) is 11.6 Å². The molecule has 2 heterocycles. The highest BCUT2D eigenvalue weighted by atomic mass is 16.5. The summed E-state index contributed by atoms with van der Waals surface area (Å²) in [5.74, 6) is 2.47. The normalized spacial score (nSPS) is 20.4. The topological polar surface area (TPSA) is 56.6 Å². The number of benzene rings is 1. The van der Waals surface area contributed by atoms with Gasteiger partial charge in [0.15, 0.2) is 0 Å². The fourth-order valence-electron chi connectivity index (χ4n) is 4.40. The highest BCUT2D eigenvalue weighted by Gasteiger charge is 2.53. The number of rotatable bonds is 7. The molecule has 6 nitrogen and oxygen atoms in total. The van der Waals surface area contributed by atoms with Crippen LogP contribution in [0.15, 0.2) is 30.5 Å². The number of hydrogen-bond donors (Lipinski definition) is 0. The maximum absolute atomic E-state index is 13.4. The summed E-state index contributed by atoms with van der Waals surface area (Å²) in [6, 6.07) is 7.98. The van der Waals surface area contributed by atoms with E-state index in [0.717, 1.165) is 61.7 Å². The highest BCUT2D eigenvalue weighted by molar-refractivity contribution is 5.91. The molecule has 1 aromatic heterocycles. The third-order valence-corrected chi connectivity index (χ3v) is 6.25. The van der Waals surface area contributed by atoms with Crippen molar-refractivity contribution in [2.24, 2.45) is 0 Å². The van der Waals surface area contributed by atoms with Crippen molar-refractivity contribution in [3.8, 4) is 5.75 Å². The van der Waals surface area contributed by atoms with Gasteiger partial charge in [-0.15, -0.1) is 0 Å². The van der Waals surface area contributed by atoms with Gasteiger partial charge in [0.25, 0.3) is 0 Å². The molecule has 1 aliphatic heterocycles. The molecule has 4 rings (SSSR count). The molecule has 1 saturated heterocycles. The summed E-state index contributed by atoms with van der Waals surface area (Å²) in [6.07, 6.45) is 4.75. The first-order valence-electron chi connectivity index (χ1n) is 10.0. The average molecular weight is 383 g/mol. The molecule has 1 atom stereocenters. The number of aromatic nitrogens is 2. The van der Waals surface area contributed by atoms with E-state index in [1.165, 1.54) is 0 Å². The number of carbonyl (C=O) groups is 1. The molecule has 0 N–H and O–H groups in total. The van der Waals surface area contributed by atoms with E-state index in [1.807, 2.05) is 35.4 Å². The molecule has 2 fully saturated rings. The monoisotopic (exact) mass is 383 g/mol. The zero-order valence-corrected chi connectivity index (χ0v) is 17.0. The Morgan fingerprint density at radius 1 is 1.25 bits per heavy atom. The van der Waals surface area contributed by atoms with Gasteiger partial charge in [-0.1, -0.05) is 12.1 Å². The number of likely N-dealkylation sites (tertiary alicyclic amines) is 1. The molecule has 6 heteroatoms. The first-order chi connectivity index (χ1) is 13.6. The van der Waals surface area contributed by atoms with Crippen LogP contribution in [0.2, 0.25) is 0 Å². The highest BCUT2D eigenvalue weighted by Crippen LogP contribution is 2.50. The second-order valence-electron chi connectivity index (χ2n) is 7.95. The molecule has 1 unspecified atom stereocenters. The zero-order valence-electron chi connectivity index (χ0n) is 17.0. The van der Waals surface area contributed by atoms with Crippen LogP contribution in [0.1, 0.15) is 42.3 Å². The Kier molecular flexibility index (Phi) is 5.15. The van der Waals surface area contributed by atoms with E-state index in [2.05, 4.69) is 16.5 Å². The maximum Gasteiger partial charge on any atom is 0.233 e. The summed E-state index contributed by atoms with van der Waals surface area (Å²) >= 11 is 0. The van der Waals surface area contributed by atoms with E-state index >= 15 is 0 Å². The lowest BCUT2D eigenvalue weighted by Gasteiger charge is -2.24. The van der Waals surface area contributed by atoms with Crippen molar-refractivity contribution in [2.45, 2.75) is 44.1 Å². The minimum Gasteiger partial charge on any atom is -0.497 e. The molecule has 150 valence electrons. The number of carbonyl (C=O) groups excluding carboxylic acids is 1. The summed E-state index contributed by atoms with van der Waals surface area (Å²) in [5, 5.41) is 0. The minimum absolute atomic E-state index is 0.270. The Balaban J connectivity index is 1.48. The molecular formula is C22H29N3O3. The summed E-state index contributed by atoms with van der Waals surface area (Å²) in [6.45, 7) is 5.10. The van der Waals surface area contributed by atoms with Crippen LogP contribution in [0.5, 0.6) is 5.75 Å². The Bertz CT molecular complexity index is 839. The van der Waals surface area contributed by atoms with Crippen molar-refractivity contribution < 1.29 is 14.3 Å². The van der Waals surface area contributed by atoms with E-state index in [4.69, 9.17) is 9.47 Å². The van der Waals surface area contributed by atoms with E-state index in [9.17, 15) is 4.79 Å². The number of imidazole rings is 1. The second-order valence-corrected chi connectivity index (χ2v) is 7.95. The smallest absolute Gasteiger partial charge is 0.233 e. The molecule has 2 aromatic rings. The first-order valence-corrected chi connectivity index (χ1v) is 10.0. The predicted octanol–water partition coefficient (Wildman–Crippen LogP) is 2.89. The molecule has 0 bridgehead atoms. The van der Waals surface area contributed by atoms with Gasteiger partial charge in [-0.3, -0.25) is 4.79 Å². The minimum atomic E-state index is -0.331. The number of hydrogen-bond acceptors (Lipinski definition) is 4. The fourth-order valence-corrected chi connectivity index (χ4v) is 4.40. The summed E-state index contributed by atoms with van der Waals surface area (Å²) in [7, 11) is 3.38. The number of methoxy groups -OCH3 is 2. The van der Waals surface area contributed by atoms with Crippen LogP contribution in [-0.2, 0) is 21.5 Å². The third kappa shape index (κ3) is 3.30. The predicted molar refractivity (Wildman–Crippen MR) is 107 cm³/mol. The van der Waals surface area contributed by atoms with Gasteiger partial charge < -0.3 is 18.9 Å². The van der Waals surface area contributed by atoms with Crippen LogP contribution >= 0.6 is 0 Å². The molecule has 1 saturated carbocycles. The third-order valence-electron chi connectivity index (χ3n) is 6.25. The quantitative estimate of drug-likeness (QED) is 0.738. The lowest BCUT2D eigenvalue weighted by molar-refractivity contribution is -0.132. The zero-order chi connectivity index (χ0) is 19.7. The van der Waals surface area contributed by atoms with Crippen LogP contribution in [0.4, 0.5) is 0 Å². The number of amides is 1. The fraction of sp³-hybridized carbons (Fsp3) is 0.545. The Labute approximate surface area is 166 Å². The van der Waals surface area contributed by atoms with E-state index in [0.29, 0.717) is 12.5 Å². The van der Waals surface area contributed by atoms with Crippen LogP contribution in [-0.4, -0.2) is 54.3 Å². The summed E-state index contributed by atoms with van der Waals surface area (Å²) in [4.78, 5) is 20.1. The molecule has 1 aromatic carbocycles. The second kappa shape index (κ2) is 7.59. The van der Waals surface area contributed by atoms with Gasteiger partial charge >= 0.3 is 0 Å². The Hall–Kier alpha value is -2.34. The first kappa shape index (κ1) is 19.0. The van der Waals surface area contributed by atoms with Gasteiger partial charge in [0.05, 0.1) is 19.1 Å². The number of ether oxygens (including phenoxy) is 2. The molecule has 1 amide bonds. The van der Waals surface area contributed by atoms with Gasteiger partial charge in [-0.25, -0.2) is 4.98 Å². The van der Waals surface area contributed by atoms with Crippen molar-refractivity contribution in [2.75, 3.05) is 33.9 Å². The van der Waals surface area contributed by atoms with Crippen LogP contribution in [0.25, 0.3) is 0 Å². The van der Waals surface area contributed by atoms with Crippen molar-refractivity contribution in [1.82, 2.24) is 14.5 Å². The van der Waals surface area contributed by atoms with Crippen molar-refractivity contribution in [3.05, 3.63) is 47.5 Å². The van der Waals surface area contributed by atoms with E-state index in [1.54, 1.807) is 14.2 Å². The van der Waals surface area contributed by atoms with E-state index in [-0.39, 0.29) is 11.3 Å². The SMILES string of the molecule is COCCn1c(C)cnc1C1CCN(C(=O)C2(c3ccc(OC)cc3)CC2)C1. The molecule has 0 radical (unpaired) electrons.